The van der Waals surface area contributed by atoms with E-state index in [0.29, 0.717) is 56.1 Å². The monoisotopic (exact) mass is 685 g/mol. The van der Waals surface area contributed by atoms with Gasteiger partial charge in [0.25, 0.3) is 5.91 Å². The van der Waals surface area contributed by atoms with E-state index in [1.54, 1.807) is 18.2 Å². The number of carbonyl (C=O) groups is 3. The van der Waals surface area contributed by atoms with Crippen molar-refractivity contribution in [1.29, 1.82) is 0 Å². The predicted molar refractivity (Wildman–Crippen MR) is 181 cm³/mol. The lowest BCUT2D eigenvalue weighted by atomic mass is 10.0. The number of halogens is 2. The normalized spacial score (nSPS) is 16.3. The van der Waals surface area contributed by atoms with E-state index in [-0.39, 0.29) is 30.3 Å². The quantitative estimate of drug-likeness (QED) is 0.178. The highest BCUT2D eigenvalue weighted by molar-refractivity contribution is 8.26. The number of nitrogens with zero attached hydrogens (tertiary/aromatic N) is 2. The van der Waals surface area contributed by atoms with Crippen LogP contribution in [0.2, 0.25) is 10.0 Å². The minimum atomic E-state index is -1.05. The van der Waals surface area contributed by atoms with Gasteiger partial charge in [-0.1, -0.05) is 59.3 Å². The SMILES string of the molecule is O=C(CCN1C(=O)/C(=C/c2cc(-c3ccc(Cl)c(Cl)c3)ccc2OCCN2CCOCC2)SC1=S)Nc1ccc(C(=O)O)cc1. The molecule has 2 saturated heterocycles. The first-order valence-corrected chi connectivity index (χ1v) is 16.1. The number of carbonyl (C=O) groups excluding carboxylic acids is 2. The zero-order valence-electron chi connectivity index (χ0n) is 24.0. The fourth-order valence-corrected chi connectivity index (χ4v) is 6.32. The average molecular weight is 687 g/mol. The minimum absolute atomic E-state index is 0.00309. The van der Waals surface area contributed by atoms with E-state index in [1.807, 2.05) is 24.3 Å². The molecule has 45 heavy (non-hydrogen) atoms. The third-order valence-electron chi connectivity index (χ3n) is 7.17. The van der Waals surface area contributed by atoms with Crippen LogP contribution in [0.1, 0.15) is 22.3 Å². The van der Waals surface area contributed by atoms with Crippen LogP contribution >= 0.6 is 47.2 Å². The summed E-state index contributed by atoms with van der Waals surface area (Å²) in [5.41, 5.74) is 2.99. The zero-order chi connectivity index (χ0) is 31.9. The molecule has 234 valence electrons. The van der Waals surface area contributed by atoms with Crippen molar-refractivity contribution in [2.45, 2.75) is 6.42 Å². The molecule has 0 unspecified atom stereocenters. The van der Waals surface area contributed by atoms with Crippen LogP contribution in [0.25, 0.3) is 17.2 Å². The topological polar surface area (TPSA) is 108 Å². The summed E-state index contributed by atoms with van der Waals surface area (Å²) in [5, 5.41) is 12.7. The van der Waals surface area contributed by atoms with Crippen molar-refractivity contribution in [3.63, 3.8) is 0 Å². The molecule has 3 aromatic rings. The summed E-state index contributed by atoms with van der Waals surface area (Å²) < 4.78 is 12.0. The number of morpholine rings is 1. The molecule has 0 bridgehead atoms. The van der Waals surface area contributed by atoms with E-state index < -0.39 is 5.97 Å². The van der Waals surface area contributed by atoms with Gasteiger partial charge < -0.3 is 19.9 Å². The van der Waals surface area contributed by atoms with Gasteiger partial charge in [0.15, 0.2) is 0 Å². The Labute approximate surface area is 280 Å². The Balaban J connectivity index is 1.30. The van der Waals surface area contributed by atoms with Crippen molar-refractivity contribution >= 4 is 81.0 Å². The number of benzene rings is 3. The summed E-state index contributed by atoms with van der Waals surface area (Å²) >= 11 is 19.1. The van der Waals surface area contributed by atoms with Crippen LogP contribution in [0.15, 0.2) is 65.6 Å². The number of ether oxygens (including phenoxy) is 2. The number of hydrogen-bond donors (Lipinski definition) is 2. The van der Waals surface area contributed by atoms with E-state index in [9.17, 15) is 14.4 Å². The fourth-order valence-electron chi connectivity index (χ4n) is 4.72. The number of hydrogen-bond acceptors (Lipinski definition) is 8. The minimum Gasteiger partial charge on any atom is -0.492 e. The Morgan fingerprint density at radius 1 is 1.00 bits per heavy atom. The van der Waals surface area contributed by atoms with Crippen LogP contribution in [-0.2, 0) is 14.3 Å². The summed E-state index contributed by atoms with van der Waals surface area (Å²) in [6.45, 7) is 4.40. The number of thioether (sulfide) groups is 1. The molecular formula is C32H29Cl2N3O6S2. The number of carboxylic acids is 1. The lowest BCUT2D eigenvalue weighted by Gasteiger charge is -2.26. The Bertz CT molecular complexity index is 1640. The number of amides is 2. The molecule has 0 atom stereocenters. The molecule has 0 aromatic heterocycles. The molecule has 0 spiro atoms. The van der Waals surface area contributed by atoms with Gasteiger partial charge in [-0.05, 0) is 65.7 Å². The third kappa shape index (κ3) is 8.63. The van der Waals surface area contributed by atoms with Crippen LogP contribution in [0.3, 0.4) is 0 Å². The largest absolute Gasteiger partial charge is 0.492 e. The second-order valence-corrected chi connectivity index (χ2v) is 12.7. The molecule has 2 aliphatic heterocycles. The fraction of sp³-hybridized carbons (Fsp3) is 0.250. The van der Waals surface area contributed by atoms with Crippen LogP contribution < -0.4 is 10.1 Å². The van der Waals surface area contributed by atoms with Gasteiger partial charge >= 0.3 is 5.97 Å². The molecule has 9 nitrogen and oxygen atoms in total. The third-order valence-corrected chi connectivity index (χ3v) is 9.29. The number of thiocarbonyl (C=S) groups is 1. The summed E-state index contributed by atoms with van der Waals surface area (Å²) in [6, 6.07) is 17.0. The van der Waals surface area contributed by atoms with E-state index in [0.717, 1.165) is 42.5 Å². The molecule has 2 heterocycles. The molecule has 3 aromatic carbocycles. The lowest BCUT2D eigenvalue weighted by molar-refractivity contribution is -0.122. The maximum atomic E-state index is 13.4. The van der Waals surface area contributed by atoms with Crippen LogP contribution in [0, 0.1) is 0 Å². The summed E-state index contributed by atoms with van der Waals surface area (Å²) in [7, 11) is 0. The lowest BCUT2D eigenvalue weighted by Crippen LogP contribution is -2.38. The molecule has 0 radical (unpaired) electrons. The van der Waals surface area contributed by atoms with Gasteiger partial charge in [0.05, 0.1) is 33.7 Å². The Kier molecular flexibility index (Phi) is 11.1. The zero-order valence-corrected chi connectivity index (χ0v) is 27.1. The van der Waals surface area contributed by atoms with Crippen molar-refractivity contribution in [2.24, 2.45) is 0 Å². The van der Waals surface area contributed by atoms with Crippen LogP contribution in [0.4, 0.5) is 5.69 Å². The van der Waals surface area contributed by atoms with Gasteiger partial charge in [0, 0.05) is 43.9 Å². The van der Waals surface area contributed by atoms with E-state index in [4.69, 9.17) is 50.0 Å². The number of rotatable bonds is 11. The molecule has 0 aliphatic carbocycles. The van der Waals surface area contributed by atoms with Gasteiger partial charge in [0.1, 0.15) is 16.7 Å². The Morgan fingerprint density at radius 2 is 1.71 bits per heavy atom. The standard InChI is InChI=1S/C32H29Cl2N3O6S2/c33-25-7-3-22(18-26(25)34)21-4-8-27(43-16-13-36-11-14-42-15-12-36)23(17-21)19-28-30(39)37(32(44)45-28)10-9-29(38)35-24-5-1-20(2-6-24)31(40)41/h1-8,17-19H,9-16H2,(H,35,38)(H,40,41)/b28-19-. The second-order valence-electron chi connectivity index (χ2n) is 10.2. The van der Waals surface area contributed by atoms with Crippen molar-refractivity contribution in [3.8, 4) is 16.9 Å². The highest BCUT2D eigenvalue weighted by atomic mass is 35.5. The van der Waals surface area contributed by atoms with Crippen LogP contribution in [0.5, 0.6) is 5.75 Å². The summed E-state index contributed by atoms with van der Waals surface area (Å²) in [4.78, 5) is 41.2. The first-order valence-electron chi connectivity index (χ1n) is 14.1. The number of carboxylic acid groups (broad SMARTS) is 1. The Hall–Kier alpha value is -3.45. The maximum Gasteiger partial charge on any atom is 0.335 e. The predicted octanol–water partition coefficient (Wildman–Crippen LogP) is 6.30. The number of anilines is 1. The van der Waals surface area contributed by atoms with E-state index >= 15 is 0 Å². The first-order chi connectivity index (χ1) is 21.7. The molecule has 2 fully saturated rings. The molecule has 13 heteroatoms. The highest BCUT2D eigenvalue weighted by Crippen LogP contribution is 2.37. The number of aromatic carboxylic acids is 1. The van der Waals surface area contributed by atoms with Crippen molar-refractivity contribution in [1.82, 2.24) is 9.80 Å². The molecule has 2 N–H and O–H groups in total. The first kappa shape index (κ1) is 32.9. The van der Waals surface area contributed by atoms with Gasteiger partial charge in [-0.15, -0.1) is 0 Å². The van der Waals surface area contributed by atoms with Gasteiger partial charge in [-0.3, -0.25) is 19.4 Å². The van der Waals surface area contributed by atoms with Crippen molar-refractivity contribution in [2.75, 3.05) is 51.3 Å². The average Bonchev–Trinajstić information content (AvgIpc) is 3.30. The molecule has 0 saturated carbocycles. The summed E-state index contributed by atoms with van der Waals surface area (Å²) in [6.07, 6.45) is 1.76. The van der Waals surface area contributed by atoms with E-state index in [1.165, 1.54) is 29.2 Å². The molecule has 2 amide bonds. The summed E-state index contributed by atoms with van der Waals surface area (Å²) in [5.74, 6) is -1.07. The second kappa shape index (κ2) is 15.2. The maximum absolute atomic E-state index is 13.4. The van der Waals surface area contributed by atoms with Crippen molar-refractivity contribution < 1.29 is 29.0 Å². The van der Waals surface area contributed by atoms with Gasteiger partial charge in [0.2, 0.25) is 5.91 Å². The van der Waals surface area contributed by atoms with Crippen molar-refractivity contribution in [3.05, 3.63) is 86.7 Å². The number of nitrogens with one attached hydrogen (secondary N) is 1. The molecular weight excluding hydrogens is 657 g/mol. The van der Waals surface area contributed by atoms with E-state index in [2.05, 4.69) is 10.2 Å². The molecule has 5 rings (SSSR count). The van der Waals surface area contributed by atoms with Gasteiger partial charge in [-0.25, -0.2) is 4.79 Å². The highest BCUT2D eigenvalue weighted by Gasteiger charge is 2.32. The van der Waals surface area contributed by atoms with Crippen LogP contribution in [-0.4, -0.2) is 83.0 Å². The smallest absolute Gasteiger partial charge is 0.335 e. The molecule has 2 aliphatic rings. The van der Waals surface area contributed by atoms with Gasteiger partial charge in [-0.2, -0.15) is 0 Å². The Morgan fingerprint density at radius 3 is 2.42 bits per heavy atom.